The second kappa shape index (κ2) is 4.41. The van der Waals surface area contributed by atoms with Gasteiger partial charge < -0.3 is 5.11 Å². The van der Waals surface area contributed by atoms with Crippen molar-refractivity contribution in [2.24, 2.45) is 17.3 Å². The summed E-state index contributed by atoms with van der Waals surface area (Å²) < 4.78 is 0. The molecule has 1 fully saturated rings. The van der Waals surface area contributed by atoms with Crippen molar-refractivity contribution in [3.8, 4) is 0 Å². The number of carbonyl (C=O) groups is 1. The number of aliphatic hydroxyl groups excluding tert-OH is 1. The first-order chi connectivity index (χ1) is 8.01. The zero-order chi connectivity index (χ0) is 12.6. The van der Waals surface area contributed by atoms with E-state index in [4.69, 9.17) is 5.11 Å². The summed E-state index contributed by atoms with van der Waals surface area (Å²) in [6.45, 7) is 7.96. The lowest BCUT2D eigenvalue weighted by atomic mass is 9.62. The van der Waals surface area contributed by atoms with Crippen LogP contribution in [0.3, 0.4) is 0 Å². The standard InChI is InChI=1S/C15H22O2/c1-10(9-16)14(17)13-8-7-12-6-4-5-11(2)15(12,13)3/h6,11,13,16H,1,4-5,7-9H2,2-3H3. The summed E-state index contributed by atoms with van der Waals surface area (Å²) in [5.74, 6) is 0.654. The highest BCUT2D eigenvalue weighted by Crippen LogP contribution is 2.56. The molecule has 0 aromatic rings. The van der Waals surface area contributed by atoms with Gasteiger partial charge in [0, 0.05) is 16.9 Å². The fourth-order valence-corrected chi connectivity index (χ4v) is 3.61. The summed E-state index contributed by atoms with van der Waals surface area (Å²) in [7, 11) is 0. The molecule has 0 aliphatic heterocycles. The van der Waals surface area contributed by atoms with E-state index in [0.29, 0.717) is 11.5 Å². The first-order valence-electron chi connectivity index (χ1n) is 6.54. The Bertz CT molecular complexity index is 380. The monoisotopic (exact) mass is 234 g/mol. The molecule has 2 heteroatoms. The summed E-state index contributed by atoms with van der Waals surface area (Å²) in [5.41, 5.74) is 1.84. The van der Waals surface area contributed by atoms with Crippen LogP contribution in [-0.4, -0.2) is 17.5 Å². The molecule has 3 unspecified atom stereocenters. The summed E-state index contributed by atoms with van der Waals surface area (Å²) >= 11 is 0. The van der Waals surface area contributed by atoms with Crippen LogP contribution in [0.15, 0.2) is 23.8 Å². The summed E-state index contributed by atoms with van der Waals surface area (Å²) in [6.07, 6.45) is 6.60. The molecule has 2 aliphatic rings. The Labute approximate surface area is 103 Å². The number of rotatable bonds is 3. The average Bonchev–Trinajstić information content (AvgIpc) is 2.67. The predicted octanol–water partition coefficient (Wildman–Crippen LogP) is 2.88. The maximum absolute atomic E-state index is 12.3. The van der Waals surface area contributed by atoms with Gasteiger partial charge in [-0.05, 0) is 31.6 Å². The minimum atomic E-state index is -0.209. The van der Waals surface area contributed by atoms with Gasteiger partial charge >= 0.3 is 0 Å². The van der Waals surface area contributed by atoms with Crippen LogP contribution in [-0.2, 0) is 4.79 Å². The second-order valence-corrected chi connectivity index (χ2v) is 5.71. The number of allylic oxidation sites excluding steroid dienone is 2. The molecule has 3 atom stereocenters. The lowest BCUT2D eigenvalue weighted by Crippen LogP contribution is -2.38. The van der Waals surface area contributed by atoms with Gasteiger partial charge in [0.25, 0.3) is 0 Å². The van der Waals surface area contributed by atoms with Gasteiger partial charge in [-0.1, -0.05) is 32.1 Å². The molecule has 17 heavy (non-hydrogen) atoms. The minimum absolute atomic E-state index is 0.00738. The van der Waals surface area contributed by atoms with E-state index < -0.39 is 0 Å². The highest BCUT2D eigenvalue weighted by Gasteiger charge is 2.50. The summed E-state index contributed by atoms with van der Waals surface area (Å²) in [4.78, 5) is 12.3. The number of aliphatic hydroxyl groups is 1. The van der Waals surface area contributed by atoms with Crippen molar-refractivity contribution in [1.29, 1.82) is 0 Å². The third-order valence-corrected chi connectivity index (χ3v) is 4.99. The molecule has 0 amide bonds. The smallest absolute Gasteiger partial charge is 0.164 e. The van der Waals surface area contributed by atoms with Gasteiger partial charge in [-0.15, -0.1) is 0 Å². The van der Waals surface area contributed by atoms with Crippen LogP contribution >= 0.6 is 0 Å². The minimum Gasteiger partial charge on any atom is -0.392 e. The lowest BCUT2D eigenvalue weighted by Gasteiger charge is -2.41. The van der Waals surface area contributed by atoms with Gasteiger partial charge in [0.05, 0.1) is 6.61 Å². The van der Waals surface area contributed by atoms with E-state index in [-0.39, 0.29) is 23.7 Å². The Morgan fingerprint density at radius 2 is 2.29 bits per heavy atom. The molecule has 0 spiro atoms. The van der Waals surface area contributed by atoms with Gasteiger partial charge in [0.1, 0.15) is 0 Å². The van der Waals surface area contributed by atoms with E-state index in [2.05, 4.69) is 26.5 Å². The molecule has 2 nitrogen and oxygen atoms in total. The Balaban J connectivity index is 2.32. The van der Waals surface area contributed by atoms with Crippen molar-refractivity contribution in [3.05, 3.63) is 23.8 Å². The van der Waals surface area contributed by atoms with Crippen LogP contribution in [0.4, 0.5) is 0 Å². The van der Waals surface area contributed by atoms with Crippen molar-refractivity contribution in [3.63, 3.8) is 0 Å². The van der Waals surface area contributed by atoms with Gasteiger partial charge in [-0.3, -0.25) is 4.79 Å². The number of fused-ring (bicyclic) bond motifs is 1. The molecule has 0 bridgehead atoms. The topological polar surface area (TPSA) is 37.3 Å². The zero-order valence-electron chi connectivity index (χ0n) is 10.8. The van der Waals surface area contributed by atoms with Crippen molar-refractivity contribution in [2.75, 3.05) is 6.61 Å². The van der Waals surface area contributed by atoms with Crippen molar-refractivity contribution in [2.45, 2.75) is 39.5 Å². The van der Waals surface area contributed by atoms with Crippen LogP contribution in [0.1, 0.15) is 39.5 Å². The van der Waals surface area contributed by atoms with E-state index in [0.717, 1.165) is 25.7 Å². The Morgan fingerprint density at radius 1 is 1.59 bits per heavy atom. The maximum Gasteiger partial charge on any atom is 0.164 e. The molecule has 2 aliphatic carbocycles. The molecule has 94 valence electrons. The largest absolute Gasteiger partial charge is 0.392 e. The van der Waals surface area contributed by atoms with Gasteiger partial charge in [-0.25, -0.2) is 0 Å². The van der Waals surface area contributed by atoms with Crippen LogP contribution in [0.25, 0.3) is 0 Å². The van der Waals surface area contributed by atoms with Gasteiger partial charge in [0.2, 0.25) is 0 Å². The molecule has 0 aromatic heterocycles. The molecule has 0 aromatic carbocycles. The van der Waals surface area contributed by atoms with Crippen molar-refractivity contribution < 1.29 is 9.90 Å². The average molecular weight is 234 g/mol. The molecular formula is C15H22O2. The van der Waals surface area contributed by atoms with E-state index in [1.54, 1.807) is 0 Å². The fraction of sp³-hybridized carbons (Fsp3) is 0.667. The summed E-state index contributed by atoms with van der Waals surface area (Å²) in [5, 5.41) is 9.08. The fourth-order valence-electron chi connectivity index (χ4n) is 3.61. The maximum atomic E-state index is 12.3. The van der Waals surface area contributed by atoms with E-state index in [1.165, 1.54) is 5.57 Å². The van der Waals surface area contributed by atoms with E-state index in [9.17, 15) is 4.79 Å². The quantitative estimate of drug-likeness (QED) is 0.602. The first-order valence-corrected chi connectivity index (χ1v) is 6.54. The third-order valence-electron chi connectivity index (χ3n) is 4.99. The van der Waals surface area contributed by atoms with Crippen LogP contribution in [0.5, 0.6) is 0 Å². The summed E-state index contributed by atoms with van der Waals surface area (Å²) in [6, 6.07) is 0. The third kappa shape index (κ3) is 1.79. The molecule has 1 saturated carbocycles. The predicted molar refractivity (Wildman–Crippen MR) is 68.5 cm³/mol. The number of carbonyl (C=O) groups excluding carboxylic acids is 1. The number of ketones is 1. The zero-order valence-corrected chi connectivity index (χ0v) is 10.8. The highest BCUT2D eigenvalue weighted by atomic mass is 16.3. The van der Waals surface area contributed by atoms with E-state index >= 15 is 0 Å². The molecule has 2 rings (SSSR count). The Morgan fingerprint density at radius 3 is 2.94 bits per heavy atom. The SMILES string of the molecule is C=C(CO)C(=O)C1CCC2=CCCC(C)C21C. The van der Waals surface area contributed by atoms with Crippen LogP contribution in [0.2, 0.25) is 0 Å². The second-order valence-electron chi connectivity index (χ2n) is 5.71. The Kier molecular flexibility index (Phi) is 3.26. The molecule has 0 heterocycles. The van der Waals surface area contributed by atoms with E-state index in [1.807, 2.05) is 0 Å². The number of hydrogen-bond acceptors (Lipinski definition) is 2. The molecule has 1 N–H and O–H groups in total. The molecular weight excluding hydrogens is 212 g/mol. The number of hydrogen-bond donors (Lipinski definition) is 1. The highest BCUT2D eigenvalue weighted by molar-refractivity contribution is 5.98. The van der Waals surface area contributed by atoms with Gasteiger partial charge in [0.15, 0.2) is 5.78 Å². The van der Waals surface area contributed by atoms with Crippen molar-refractivity contribution >= 4 is 5.78 Å². The lowest BCUT2D eigenvalue weighted by molar-refractivity contribution is -0.123. The molecule has 0 radical (unpaired) electrons. The van der Waals surface area contributed by atoms with Gasteiger partial charge in [-0.2, -0.15) is 0 Å². The Hall–Kier alpha value is -0.890. The normalized spacial score (nSPS) is 36.3. The van der Waals surface area contributed by atoms with Crippen LogP contribution in [0, 0.1) is 17.3 Å². The first kappa shape index (κ1) is 12.6. The number of Topliss-reactive ketones (excluding diaryl/α,β-unsaturated/α-hetero) is 1. The van der Waals surface area contributed by atoms with Crippen LogP contribution < -0.4 is 0 Å². The molecule has 0 saturated heterocycles. The van der Waals surface area contributed by atoms with Crippen molar-refractivity contribution in [1.82, 2.24) is 0 Å².